The van der Waals surface area contributed by atoms with Crippen molar-refractivity contribution in [2.24, 2.45) is 5.41 Å². The molecule has 3 aromatic heterocycles. The Labute approximate surface area is 150 Å². The number of carbonyl (C=O) groups excluding carboxylic acids is 1. The third kappa shape index (κ3) is 2.79. The van der Waals surface area contributed by atoms with Crippen molar-refractivity contribution >= 4 is 16.9 Å². The molecule has 6 nitrogen and oxygen atoms in total. The lowest BCUT2D eigenvalue weighted by Gasteiger charge is -2.15. The largest absolute Gasteiger partial charge is 0.344 e. The zero-order chi connectivity index (χ0) is 18.3. The maximum absolute atomic E-state index is 12.7. The standard InChI is InChI=1S/C20H19N5O/c1-20(2,3)18(26)15-10-21-19-17(15)25-16(11-22-19)13-6-4-5-12(7-13)14-8-23-24-9-14/h4-11H,1-3H3,(H,21,22)(H,23,24). The van der Waals surface area contributed by atoms with Gasteiger partial charge in [0, 0.05) is 28.9 Å². The van der Waals surface area contributed by atoms with Crippen molar-refractivity contribution < 1.29 is 4.79 Å². The van der Waals surface area contributed by atoms with Crippen LogP contribution in [-0.2, 0) is 0 Å². The molecule has 0 bridgehead atoms. The van der Waals surface area contributed by atoms with Crippen LogP contribution in [0.2, 0.25) is 0 Å². The number of nitrogens with one attached hydrogen (secondary N) is 2. The highest BCUT2D eigenvalue weighted by Crippen LogP contribution is 2.28. The van der Waals surface area contributed by atoms with Gasteiger partial charge in [0.15, 0.2) is 11.4 Å². The second-order valence-electron chi connectivity index (χ2n) is 7.30. The second-order valence-corrected chi connectivity index (χ2v) is 7.30. The van der Waals surface area contributed by atoms with Crippen molar-refractivity contribution in [2.45, 2.75) is 20.8 Å². The molecule has 0 radical (unpaired) electrons. The maximum Gasteiger partial charge on any atom is 0.171 e. The van der Waals surface area contributed by atoms with Crippen LogP contribution in [0.3, 0.4) is 0 Å². The van der Waals surface area contributed by atoms with Gasteiger partial charge in [-0.3, -0.25) is 9.89 Å². The molecule has 0 saturated heterocycles. The fourth-order valence-corrected chi connectivity index (χ4v) is 2.87. The van der Waals surface area contributed by atoms with Gasteiger partial charge in [-0.15, -0.1) is 0 Å². The molecule has 26 heavy (non-hydrogen) atoms. The molecule has 3 heterocycles. The number of hydrogen-bond acceptors (Lipinski definition) is 4. The number of nitrogens with zero attached hydrogens (tertiary/aromatic N) is 3. The van der Waals surface area contributed by atoms with E-state index in [1.54, 1.807) is 18.6 Å². The molecule has 130 valence electrons. The van der Waals surface area contributed by atoms with Crippen molar-refractivity contribution in [2.75, 3.05) is 0 Å². The highest BCUT2D eigenvalue weighted by molar-refractivity contribution is 6.08. The van der Waals surface area contributed by atoms with Crippen LogP contribution in [0, 0.1) is 5.41 Å². The Morgan fingerprint density at radius 2 is 1.85 bits per heavy atom. The molecule has 0 fully saturated rings. The summed E-state index contributed by atoms with van der Waals surface area (Å²) < 4.78 is 0. The lowest BCUT2D eigenvalue weighted by atomic mass is 9.87. The van der Waals surface area contributed by atoms with Crippen molar-refractivity contribution in [3.63, 3.8) is 0 Å². The van der Waals surface area contributed by atoms with E-state index in [0.717, 1.165) is 22.4 Å². The average Bonchev–Trinajstić information content (AvgIpc) is 3.29. The molecule has 0 aliphatic heterocycles. The van der Waals surface area contributed by atoms with E-state index in [9.17, 15) is 4.79 Å². The fraction of sp³-hybridized carbons (Fsp3) is 0.200. The highest BCUT2D eigenvalue weighted by Gasteiger charge is 2.26. The van der Waals surface area contributed by atoms with Gasteiger partial charge in [-0.1, -0.05) is 39.0 Å². The van der Waals surface area contributed by atoms with Gasteiger partial charge in [0.05, 0.1) is 23.7 Å². The highest BCUT2D eigenvalue weighted by atomic mass is 16.1. The number of benzene rings is 1. The zero-order valence-electron chi connectivity index (χ0n) is 14.9. The van der Waals surface area contributed by atoms with Crippen molar-refractivity contribution in [1.29, 1.82) is 0 Å². The Bertz CT molecular complexity index is 1090. The lowest BCUT2D eigenvalue weighted by molar-refractivity contribution is 0.0860. The molecule has 0 saturated carbocycles. The van der Waals surface area contributed by atoms with Gasteiger partial charge in [-0.2, -0.15) is 5.10 Å². The van der Waals surface area contributed by atoms with Crippen molar-refractivity contribution in [3.05, 3.63) is 54.6 Å². The predicted octanol–water partition coefficient (Wildman–Crippen LogP) is 4.24. The van der Waals surface area contributed by atoms with E-state index in [2.05, 4.69) is 20.2 Å². The SMILES string of the molecule is CC(C)(C)C(=O)c1c[nH]c2ncc(-c3cccc(-c4cn[nH]c4)c3)nc12. The summed E-state index contributed by atoms with van der Waals surface area (Å²) in [7, 11) is 0. The van der Waals surface area contributed by atoms with Crippen molar-refractivity contribution in [1.82, 2.24) is 25.1 Å². The normalized spacial score (nSPS) is 11.8. The minimum absolute atomic E-state index is 0.0438. The van der Waals surface area contributed by atoms with Crippen LogP contribution in [0.25, 0.3) is 33.5 Å². The Morgan fingerprint density at radius 3 is 2.58 bits per heavy atom. The number of aromatic nitrogens is 5. The first kappa shape index (κ1) is 16.2. The fourth-order valence-electron chi connectivity index (χ4n) is 2.87. The molecule has 2 N–H and O–H groups in total. The molecular weight excluding hydrogens is 326 g/mol. The van der Waals surface area contributed by atoms with Crippen molar-refractivity contribution in [3.8, 4) is 22.4 Å². The van der Waals surface area contributed by atoms with E-state index in [-0.39, 0.29) is 5.78 Å². The van der Waals surface area contributed by atoms with Crippen LogP contribution in [0.4, 0.5) is 0 Å². The van der Waals surface area contributed by atoms with Gasteiger partial charge < -0.3 is 4.98 Å². The van der Waals surface area contributed by atoms with E-state index in [4.69, 9.17) is 4.98 Å². The summed E-state index contributed by atoms with van der Waals surface area (Å²) in [6.07, 6.45) is 7.04. The Balaban J connectivity index is 1.81. The number of hydrogen-bond donors (Lipinski definition) is 2. The smallest absolute Gasteiger partial charge is 0.171 e. The number of Topliss-reactive ketones (excluding diaryl/α,β-unsaturated/α-hetero) is 1. The molecule has 0 aliphatic rings. The van der Waals surface area contributed by atoms with Gasteiger partial charge >= 0.3 is 0 Å². The van der Waals surface area contributed by atoms with Gasteiger partial charge in [0.1, 0.15) is 5.52 Å². The van der Waals surface area contributed by atoms with E-state index in [1.807, 2.05) is 51.2 Å². The summed E-state index contributed by atoms with van der Waals surface area (Å²) in [5.74, 6) is 0.0438. The number of fused-ring (bicyclic) bond motifs is 1. The number of H-pyrrole nitrogens is 2. The van der Waals surface area contributed by atoms with Gasteiger partial charge in [-0.25, -0.2) is 9.97 Å². The molecular formula is C20H19N5O. The van der Waals surface area contributed by atoms with Crippen LogP contribution < -0.4 is 0 Å². The van der Waals surface area contributed by atoms with Gasteiger partial charge in [0.2, 0.25) is 0 Å². The minimum atomic E-state index is -0.478. The maximum atomic E-state index is 12.7. The average molecular weight is 345 g/mol. The second kappa shape index (κ2) is 5.91. The Kier molecular flexibility index (Phi) is 3.68. The molecule has 1 aromatic carbocycles. The first-order valence-corrected chi connectivity index (χ1v) is 8.42. The summed E-state index contributed by atoms with van der Waals surface area (Å²) >= 11 is 0. The molecule has 0 amide bonds. The quantitative estimate of drug-likeness (QED) is 0.544. The van der Waals surface area contributed by atoms with Crippen LogP contribution in [-0.4, -0.2) is 30.9 Å². The lowest BCUT2D eigenvalue weighted by Crippen LogP contribution is -2.20. The summed E-state index contributed by atoms with van der Waals surface area (Å²) in [6.45, 7) is 5.71. The Morgan fingerprint density at radius 1 is 1.04 bits per heavy atom. The number of carbonyl (C=O) groups is 1. The molecule has 0 aliphatic carbocycles. The summed E-state index contributed by atoms with van der Waals surface area (Å²) in [5.41, 5.74) is 5.04. The molecule has 0 atom stereocenters. The summed E-state index contributed by atoms with van der Waals surface area (Å²) in [5, 5.41) is 6.82. The van der Waals surface area contributed by atoms with E-state index in [1.165, 1.54) is 0 Å². The predicted molar refractivity (Wildman–Crippen MR) is 101 cm³/mol. The number of rotatable bonds is 3. The third-order valence-electron chi connectivity index (χ3n) is 4.30. The van der Waals surface area contributed by atoms with Gasteiger partial charge in [-0.05, 0) is 11.6 Å². The number of ketones is 1. The van der Waals surface area contributed by atoms with Crippen LogP contribution in [0.1, 0.15) is 31.1 Å². The molecule has 0 spiro atoms. The minimum Gasteiger partial charge on any atom is -0.344 e. The summed E-state index contributed by atoms with van der Waals surface area (Å²) in [4.78, 5) is 24.9. The van der Waals surface area contributed by atoms with Crippen LogP contribution >= 0.6 is 0 Å². The number of aromatic amines is 2. The monoisotopic (exact) mass is 345 g/mol. The van der Waals surface area contributed by atoms with E-state index < -0.39 is 5.41 Å². The Hall–Kier alpha value is -3.28. The molecule has 4 rings (SSSR count). The first-order valence-electron chi connectivity index (χ1n) is 8.42. The summed E-state index contributed by atoms with van der Waals surface area (Å²) in [6, 6.07) is 8.02. The zero-order valence-corrected chi connectivity index (χ0v) is 14.9. The van der Waals surface area contributed by atoms with Crippen LogP contribution in [0.15, 0.2) is 49.1 Å². The molecule has 4 aromatic rings. The van der Waals surface area contributed by atoms with Crippen LogP contribution in [0.5, 0.6) is 0 Å². The first-order chi connectivity index (χ1) is 12.4. The van der Waals surface area contributed by atoms with E-state index in [0.29, 0.717) is 16.7 Å². The van der Waals surface area contributed by atoms with Gasteiger partial charge in [0.25, 0.3) is 0 Å². The molecule has 6 heteroatoms. The van der Waals surface area contributed by atoms with E-state index >= 15 is 0 Å². The third-order valence-corrected chi connectivity index (χ3v) is 4.30. The molecule has 0 unspecified atom stereocenters. The topological polar surface area (TPSA) is 87.3 Å².